The van der Waals surface area contributed by atoms with Crippen molar-refractivity contribution in [1.29, 1.82) is 0 Å². The molecule has 6 heteroatoms. The Labute approximate surface area is 423 Å². The summed E-state index contributed by atoms with van der Waals surface area (Å²) in [7, 11) is 0. The van der Waals surface area contributed by atoms with Gasteiger partial charge in [-0.3, -0.25) is 9.59 Å². The fourth-order valence-electron chi connectivity index (χ4n) is 8.94. The van der Waals surface area contributed by atoms with Gasteiger partial charge in [-0.05, 0) is 83.5 Å². The van der Waals surface area contributed by atoms with Crippen molar-refractivity contribution in [1.82, 2.24) is 5.32 Å². The van der Waals surface area contributed by atoms with Crippen LogP contribution in [-0.4, -0.2) is 47.4 Å². The standard InChI is InChI=1S/C62H115NO5/c1-3-5-7-9-11-13-15-17-32-36-40-44-48-52-56-62(67)68-57-53-49-45-41-37-33-29-27-25-23-21-19-18-20-22-24-26-28-31-35-39-43-47-51-55-61(66)63-59(58-64)60(65)54-50-46-42-38-34-30-16-14-12-10-8-6-4-2/h9,11,15,17,20,22,50,54,59-60,64-65H,3-8,10,12-14,16,18-19,21,23-49,51-53,55-58H2,1-2H3,(H,63,66)/b11-9-,17-15-,22-20-,54-50+. The van der Waals surface area contributed by atoms with Crippen LogP contribution >= 0.6 is 0 Å². The second kappa shape index (κ2) is 57.4. The highest BCUT2D eigenvalue weighted by atomic mass is 16.5. The monoisotopic (exact) mass is 954 g/mol. The molecule has 0 spiro atoms. The van der Waals surface area contributed by atoms with Crippen LogP contribution in [0.2, 0.25) is 0 Å². The maximum Gasteiger partial charge on any atom is 0.305 e. The molecule has 1 amide bonds. The van der Waals surface area contributed by atoms with E-state index in [4.69, 9.17) is 4.74 Å². The lowest BCUT2D eigenvalue weighted by molar-refractivity contribution is -0.143. The molecule has 0 heterocycles. The predicted octanol–water partition coefficient (Wildman–Crippen LogP) is 18.6. The van der Waals surface area contributed by atoms with Crippen molar-refractivity contribution >= 4 is 11.9 Å². The van der Waals surface area contributed by atoms with Crippen LogP contribution in [0.4, 0.5) is 0 Å². The molecule has 2 unspecified atom stereocenters. The molecule has 3 N–H and O–H groups in total. The van der Waals surface area contributed by atoms with Crippen molar-refractivity contribution < 1.29 is 24.5 Å². The molecule has 0 aromatic rings. The molecule has 0 bridgehead atoms. The van der Waals surface area contributed by atoms with Gasteiger partial charge in [0, 0.05) is 12.8 Å². The van der Waals surface area contributed by atoms with Gasteiger partial charge < -0.3 is 20.3 Å². The average molecular weight is 955 g/mol. The van der Waals surface area contributed by atoms with E-state index in [0.717, 1.165) is 51.4 Å². The quantitative estimate of drug-likeness (QED) is 0.0321. The Morgan fingerprint density at radius 3 is 1.18 bits per heavy atom. The zero-order valence-corrected chi connectivity index (χ0v) is 45.3. The van der Waals surface area contributed by atoms with Crippen LogP contribution in [0.1, 0.15) is 309 Å². The number of esters is 1. The van der Waals surface area contributed by atoms with Gasteiger partial charge in [0.2, 0.25) is 5.91 Å². The smallest absolute Gasteiger partial charge is 0.305 e. The first kappa shape index (κ1) is 65.8. The molecule has 6 nitrogen and oxygen atoms in total. The Morgan fingerprint density at radius 1 is 0.412 bits per heavy atom. The van der Waals surface area contributed by atoms with Crippen LogP contribution in [0.25, 0.3) is 0 Å². The van der Waals surface area contributed by atoms with Gasteiger partial charge in [-0.1, -0.05) is 262 Å². The number of carbonyl (C=O) groups excluding carboxylic acids is 2. The van der Waals surface area contributed by atoms with Gasteiger partial charge in [-0.25, -0.2) is 0 Å². The Hall–Kier alpha value is -2.18. The van der Waals surface area contributed by atoms with Crippen molar-refractivity contribution in [2.24, 2.45) is 0 Å². The van der Waals surface area contributed by atoms with Gasteiger partial charge in [-0.2, -0.15) is 0 Å². The molecule has 0 saturated heterocycles. The van der Waals surface area contributed by atoms with Gasteiger partial charge in [0.05, 0.1) is 25.4 Å². The summed E-state index contributed by atoms with van der Waals surface area (Å²) in [5.41, 5.74) is 0. The molecule has 68 heavy (non-hydrogen) atoms. The Kier molecular flexibility index (Phi) is 55.6. The van der Waals surface area contributed by atoms with Crippen LogP contribution < -0.4 is 5.32 Å². The number of hydrogen-bond acceptors (Lipinski definition) is 5. The second-order valence-electron chi connectivity index (χ2n) is 20.3. The number of carbonyl (C=O) groups is 2. The van der Waals surface area contributed by atoms with E-state index in [1.54, 1.807) is 6.08 Å². The molecular formula is C62H115NO5. The lowest BCUT2D eigenvalue weighted by Crippen LogP contribution is -2.45. The van der Waals surface area contributed by atoms with Crippen molar-refractivity contribution in [3.05, 3.63) is 48.6 Å². The summed E-state index contributed by atoms with van der Waals surface area (Å²) >= 11 is 0. The van der Waals surface area contributed by atoms with E-state index < -0.39 is 12.1 Å². The number of hydrogen-bond donors (Lipinski definition) is 3. The molecule has 2 atom stereocenters. The molecule has 0 rings (SSSR count). The maximum absolute atomic E-state index is 12.4. The minimum atomic E-state index is -0.847. The van der Waals surface area contributed by atoms with Crippen LogP contribution in [0.15, 0.2) is 48.6 Å². The van der Waals surface area contributed by atoms with Gasteiger partial charge in [0.25, 0.3) is 0 Å². The summed E-state index contributed by atoms with van der Waals surface area (Å²) in [4.78, 5) is 24.5. The summed E-state index contributed by atoms with van der Waals surface area (Å²) in [5.74, 6) is -0.0763. The minimum Gasteiger partial charge on any atom is -0.466 e. The molecule has 0 aliphatic carbocycles. The summed E-state index contributed by atoms with van der Waals surface area (Å²) in [6.07, 6.45) is 72.9. The molecule has 398 valence electrons. The Bertz CT molecular complexity index is 1150. The number of unbranched alkanes of at least 4 members (excludes halogenated alkanes) is 38. The molecule has 0 aromatic carbocycles. The first-order valence-corrected chi connectivity index (χ1v) is 29.9. The highest BCUT2D eigenvalue weighted by molar-refractivity contribution is 5.76. The normalized spacial score (nSPS) is 12.9. The number of aliphatic hydroxyl groups is 2. The number of rotatable bonds is 55. The van der Waals surface area contributed by atoms with E-state index in [2.05, 4.69) is 55.6 Å². The van der Waals surface area contributed by atoms with Crippen molar-refractivity contribution in [2.75, 3.05) is 13.2 Å². The van der Waals surface area contributed by atoms with Crippen molar-refractivity contribution in [2.45, 2.75) is 321 Å². The zero-order valence-electron chi connectivity index (χ0n) is 45.3. The Balaban J connectivity index is 3.43. The fraction of sp³-hybridized carbons (Fsp3) is 0.839. The van der Waals surface area contributed by atoms with Crippen molar-refractivity contribution in [3.8, 4) is 0 Å². The van der Waals surface area contributed by atoms with Gasteiger partial charge >= 0.3 is 5.97 Å². The lowest BCUT2D eigenvalue weighted by Gasteiger charge is -2.20. The number of nitrogens with one attached hydrogen (secondary N) is 1. The van der Waals surface area contributed by atoms with Gasteiger partial charge in [0.15, 0.2) is 0 Å². The topological polar surface area (TPSA) is 95.9 Å². The summed E-state index contributed by atoms with van der Waals surface area (Å²) in [6.45, 7) is 4.85. The van der Waals surface area contributed by atoms with Crippen LogP contribution in [-0.2, 0) is 14.3 Å². The minimum absolute atomic E-state index is 0.00314. The molecule has 0 fully saturated rings. The molecule has 0 aromatic heterocycles. The average Bonchev–Trinajstić information content (AvgIpc) is 3.34. The highest BCUT2D eigenvalue weighted by Gasteiger charge is 2.18. The zero-order chi connectivity index (χ0) is 49.3. The molecule has 0 radical (unpaired) electrons. The van der Waals surface area contributed by atoms with Crippen LogP contribution in [0.5, 0.6) is 0 Å². The third kappa shape index (κ3) is 53.2. The fourth-order valence-corrected chi connectivity index (χ4v) is 8.94. The van der Waals surface area contributed by atoms with Crippen LogP contribution in [0.3, 0.4) is 0 Å². The number of aliphatic hydroxyl groups excluding tert-OH is 2. The van der Waals surface area contributed by atoms with E-state index in [-0.39, 0.29) is 18.5 Å². The van der Waals surface area contributed by atoms with E-state index >= 15 is 0 Å². The highest BCUT2D eigenvalue weighted by Crippen LogP contribution is 2.16. The third-order valence-electron chi connectivity index (χ3n) is 13.6. The molecular weight excluding hydrogens is 839 g/mol. The van der Waals surface area contributed by atoms with E-state index in [9.17, 15) is 19.8 Å². The number of amides is 1. The maximum atomic E-state index is 12.4. The van der Waals surface area contributed by atoms with E-state index in [1.165, 1.54) is 231 Å². The van der Waals surface area contributed by atoms with E-state index in [0.29, 0.717) is 19.4 Å². The van der Waals surface area contributed by atoms with E-state index in [1.807, 2.05) is 6.08 Å². The summed E-state index contributed by atoms with van der Waals surface area (Å²) in [5, 5.41) is 23.1. The number of allylic oxidation sites excluding steroid dienone is 7. The van der Waals surface area contributed by atoms with Crippen molar-refractivity contribution in [3.63, 3.8) is 0 Å². The molecule has 0 saturated carbocycles. The van der Waals surface area contributed by atoms with Crippen LogP contribution in [0, 0.1) is 0 Å². The summed E-state index contributed by atoms with van der Waals surface area (Å²) < 4.78 is 5.47. The first-order chi connectivity index (χ1) is 33.5. The lowest BCUT2D eigenvalue weighted by atomic mass is 10.0. The van der Waals surface area contributed by atoms with Gasteiger partial charge in [-0.15, -0.1) is 0 Å². The second-order valence-corrected chi connectivity index (χ2v) is 20.3. The summed E-state index contributed by atoms with van der Waals surface area (Å²) in [6, 6.07) is -0.631. The first-order valence-electron chi connectivity index (χ1n) is 29.9. The SMILES string of the molecule is CCCC/C=C\C/C=C\CCCCCCCC(=O)OCCCCCCCCCCCCCC/C=C\CCCCCCCCCCC(=O)NC(CO)C(O)/C=C/CCCCCCCCCCCCC. The molecule has 0 aliphatic heterocycles. The van der Waals surface area contributed by atoms with Gasteiger partial charge in [0.1, 0.15) is 0 Å². The molecule has 0 aliphatic rings. The third-order valence-corrected chi connectivity index (χ3v) is 13.6. The largest absolute Gasteiger partial charge is 0.466 e. The predicted molar refractivity (Wildman–Crippen MR) is 296 cm³/mol. The Morgan fingerprint density at radius 2 is 0.750 bits per heavy atom. The number of ether oxygens (including phenoxy) is 1.